The lowest BCUT2D eigenvalue weighted by atomic mass is 9.96. The van der Waals surface area contributed by atoms with E-state index in [1.807, 2.05) is 0 Å². The van der Waals surface area contributed by atoms with Crippen molar-refractivity contribution in [2.75, 3.05) is 25.0 Å². The molecule has 3 amide bonds. The van der Waals surface area contributed by atoms with Gasteiger partial charge in [0.1, 0.15) is 5.82 Å². The second kappa shape index (κ2) is 9.80. The van der Waals surface area contributed by atoms with E-state index in [-0.39, 0.29) is 29.6 Å². The van der Waals surface area contributed by atoms with E-state index in [1.165, 1.54) is 18.2 Å². The van der Waals surface area contributed by atoms with Crippen LogP contribution in [0.4, 0.5) is 23.2 Å². The van der Waals surface area contributed by atoms with Gasteiger partial charge >= 0.3 is 18.0 Å². The fraction of sp³-hybridized carbons (Fsp3) is 0.318. The summed E-state index contributed by atoms with van der Waals surface area (Å²) in [6.07, 6.45) is -3.35. The molecule has 1 fully saturated rings. The fourth-order valence-electron chi connectivity index (χ4n) is 3.39. The molecule has 0 spiro atoms. The molecule has 0 radical (unpaired) electrons. The number of carbonyl (C=O) groups excluding carboxylic acids is 3. The molecule has 2 aromatic rings. The molecule has 10 heteroatoms. The Morgan fingerprint density at radius 3 is 2.16 bits per heavy atom. The Kier molecular flexibility index (Phi) is 7.12. The second-order valence-corrected chi connectivity index (χ2v) is 7.45. The maximum Gasteiger partial charge on any atom is 0.416 e. The zero-order chi connectivity index (χ0) is 23.3. The largest absolute Gasteiger partial charge is 0.416 e. The van der Waals surface area contributed by atoms with Crippen LogP contribution in [0.15, 0.2) is 48.5 Å². The number of amides is 3. The highest BCUT2D eigenvalue weighted by atomic mass is 19.4. The summed E-state index contributed by atoms with van der Waals surface area (Å²) >= 11 is 0. The van der Waals surface area contributed by atoms with Crippen LogP contribution in [0.1, 0.15) is 28.8 Å². The van der Waals surface area contributed by atoms with Crippen LogP contribution >= 0.6 is 0 Å². The number of hydrogen-bond donors (Lipinski definition) is 2. The topological polar surface area (TPSA) is 78.5 Å². The molecule has 0 atom stereocenters. The minimum absolute atomic E-state index is 0.0131. The summed E-state index contributed by atoms with van der Waals surface area (Å²) in [7, 11) is 0. The standard InChI is InChI=1S/C22H21F4N3O3/c23-18-4-2-1-3-17(18)21(32)29-11-9-14(10-12-29)13-27-19(30)20(31)28-16-7-5-15(6-8-16)22(24,25)26/h1-8,14H,9-13H2,(H,27,30)(H,28,31). The highest BCUT2D eigenvalue weighted by Crippen LogP contribution is 2.29. The van der Waals surface area contributed by atoms with Crippen molar-refractivity contribution in [3.05, 3.63) is 65.5 Å². The van der Waals surface area contributed by atoms with Crippen LogP contribution in [-0.2, 0) is 15.8 Å². The van der Waals surface area contributed by atoms with Gasteiger partial charge in [-0.1, -0.05) is 12.1 Å². The first-order valence-electron chi connectivity index (χ1n) is 9.95. The van der Waals surface area contributed by atoms with E-state index >= 15 is 0 Å². The Labute approximate surface area is 181 Å². The molecule has 170 valence electrons. The SMILES string of the molecule is O=C(NCC1CCN(C(=O)c2ccccc2F)CC1)C(=O)Nc1ccc(C(F)(F)F)cc1. The van der Waals surface area contributed by atoms with E-state index in [2.05, 4.69) is 10.6 Å². The van der Waals surface area contributed by atoms with Crippen molar-refractivity contribution in [3.63, 3.8) is 0 Å². The number of nitrogens with zero attached hydrogens (tertiary/aromatic N) is 1. The quantitative estimate of drug-likeness (QED) is 0.552. The number of rotatable bonds is 4. The zero-order valence-corrected chi connectivity index (χ0v) is 16.9. The number of alkyl halides is 3. The van der Waals surface area contributed by atoms with E-state index in [9.17, 15) is 31.9 Å². The number of carbonyl (C=O) groups is 3. The minimum atomic E-state index is -4.49. The molecule has 2 aromatic carbocycles. The molecule has 0 aliphatic carbocycles. The molecule has 1 aliphatic heterocycles. The molecule has 0 aromatic heterocycles. The summed E-state index contributed by atoms with van der Waals surface area (Å²) < 4.78 is 51.5. The smallest absolute Gasteiger partial charge is 0.348 e. The highest BCUT2D eigenvalue weighted by molar-refractivity contribution is 6.39. The van der Waals surface area contributed by atoms with Gasteiger partial charge in [-0.2, -0.15) is 13.2 Å². The lowest BCUT2D eigenvalue weighted by Gasteiger charge is -2.32. The second-order valence-electron chi connectivity index (χ2n) is 7.45. The van der Waals surface area contributed by atoms with Crippen molar-refractivity contribution in [1.82, 2.24) is 10.2 Å². The molecule has 0 saturated carbocycles. The molecule has 0 bridgehead atoms. The molecule has 1 aliphatic rings. The summed E-state index contributed by atoms with van der Waals surface area (Å²) in [6.45, 7) is 0.998. The molecule has 3 rings (SSSR count). The predicted octanol–water partition coefficient (Wildman–Crippen LogP) is 3.45. The minimum Gasteiger partial charge on any atom is -0.348 e. The summed E-state index contributed by atoms with van der Waals surface area (Å²) in [5, 5.41) is 4.75. The molecule has 2 N–H and O–H groups in total. The third-order valence-electron chi connectivity index (χ3n) is 5.23. The average molecular weight is 451 g/mol. The summed E-state index contributed by atoms with van der Waals surface area (Å²) in [5.74, 6) is -2.83. The predicted molar refractivity (Wildman–Crippen MR) is 108 cm³/mol. The number of nitrogens with one attached hydrogen (secondary N) is 2. The van der Waals surface area contributed by atoms with Gasteiger partial charge in [-0.25, -0.2) is 4.39 Å². The van der Waals surface area contributed by atoms with Gasteiger partial charge < -0.3 is 15.5 Å². The van der Waals surface area contributed by atoms with E-state index in [1.54, 1.807) is 11.0 Å². The fourth-order valence-corrected chi connectivity index (χ4v) is 3.39. The van der Waals surface area contributed by atoms with Crippen molar-refractivity contribution in [1.29, 1.82) is 0 Å². The molecule has 0 unspecified atom stereocenters. The van der Waals surface area contributed by atoms with E-state index in [0.717, 1.165) is 24.3 Å². The maximum absolute atomic E-state index is 13.8. The van der Waals surface area contributed by atoms with Crippen molar-refractivity contribution in [2.24, 2.45) is 5.92 Å². The van der Waals surface area contributed by atoms with Gasteiger partial charge in [0.25, 0.3) is 5.91 Å². The van der Waals surface area contributed by atoms with Gasteiger partial charge in [0, 0.05) is 25.3 Å². The first-order chi connectivity index (χ1) is 15.1. The van der Waals surface area contributed by atoms with Crippen molar-refractivity contribution < 1.29 is 31.9 Å². The van der Waals surface area contributed by atoms with Crippen LogP contribution in [0.3, 0.4) is 0 Å². The monoisotopic (exact) mass is 451 g/mol. The molecule has 1 saturated heterocycles. The summed E-state index contributed by atoms with van der Waals surface area (Å²) in [5.41, 5.74) is -0.780. The Morgan fingerprint density at radius 2 is 1.56 bits per heavy atom. The summed E-state index contributed by atoms with van der Waals surface area (Å²) in [6, 6.07) is 9.51. The highest BCUT2D eigenvalue weighted by Gasteiger charge is 2.30. The van der Waals surface area contributed by atoms with Crippen LogP contribution in [0.25, 0.3) is 0 Å². The van der Waals surface area contributed by atoms with Crippen LogP contribution in [0, 0.1) is 11.7 Å². The third-order valence-corrected chi connectivity index (χ3v) is 5.23. The van der Waals surface area contributed by atoms with Gasteiger partial charge in [-0.3, -0.25) is 14.4 Å². The first-order valence-corrected chi connectivity index (χ1v) is 9.95. The van der Waals surface area contributed by atoms with Crippen LogP contribution in [0.2, 0.25) is 0 Å². The van der Waals surface area contributed by atoms with Gasteiger partial charge in [0.15, 0.2) is 0 Å². The summed E-state index contributed by atoms with van der Waals surface area (Å²) in [4.78, 5) is 37.9. The number of piperidine rings is 1. The number of halogens is 4. The van der Waals surface area contributed by atoms with E-state index in [0.29, 0.717) is 25.9 Å². The Morgan fingerprint density at radius 1 is 0.938 bits per heavy atom. The molecular formula is C22H21F4N3O3. The van der Waals surface area contributed by atoms with Crippen LogP contribution in [0.5, 0.6) is 0 Å². The third kappa shape index (κ3) is 5.83. The Hall–Kier alpha value is -3.43. The Bertz CT molecular complexity index is 985. The molecule has 1 heterocycles. The van der Waals surface area contributed by atoms with Crippen molar-refractivity contribution in [2.45, 2.75) is 19.0 Å². The van der Waals surface area contributed by atoms with Crippen molar-refractivity contribution in [3.8, 4) is 0 Å². The van der Waals surface area contributed by atoms with E-state index in [4.69, 9.17) is 0 Å². The normalized spacial score (nSPS) is 14.7. The van der Waals surface area contributed by atoms with Gasteiger partial charge in [-0.05, 0) is 55.2 Å². The first kappa shape index (κ1) is 23.2. The van der Waals surface area contributed by atoms with E-state index < -0.39 is 29.4 Å². The number of hydrogen-bond acceptors (Lipinski definition) is 3. The number of anilines is 1. The molecular weight excluding hydrogens is 430 g/mol. The average Bonchev–Trinajstić information content (AvgIpc) is 2.77. The molecule has 32 heavy (non-hydrogen) atoms. The molecule has 6 nitrogen and oxygen atoms in total. The van der Waals surface area contributed by atoms with Crippen molar-refractivity contribution >= 4 is 23.4 Å². The number of benzene rings is 2. The van der Waals surface area contributed by atoms with Crippen LogP contribution < -0.4 is 10.6 Å². The van der Waals surface area contributed by atoms with Gasteiger partial charge in [0.2, 0.25) is 0 Å². The zero-order valence-electron chi connectivity index (χ0n) is 16.9. The lowest BCUT2D eigenvalue weighted by Crippen LogP contribution is -2.43. The van der Waals surface area contributed by atoms with Crippen LogP contribution in [-0.4, -0.2) is 42.3 Å². The maximum atomic E-state index is 13.8. The Balaban J connectivity index is 1.43. The van der Waals surface area contributed by atoms with Gasteiger partial charge in [-0.15, -0.1) is 0 Å². The van der Waals surface area contributed by atoms with Gasteiger partial charge in [0.05, 0.1) is 11.1 Å². The lowest BCUT2D eigenvalue weighted by molar-refractivity contribution is -0.137. The number of likely N-dealkylation sites (tertiary alicyclic amines) is 1.